The highest BCUT2D eigenvalue weighted by Gasteiger charge is 2.14. The predicted molar refractivity (Wildman–Crippen MR) is 51.0 cm³/mol. The van der Waals surface area contributed by atoms with Gasteiger partial charge in [0.25, 0.3) is 5.56 Å². The van der Waals surface area contributed by atoms with Crippen LogP contribution in [-0.4, -0.2) is 27.8 Å². The van der Waals surface area contributed by atoms with E-state index in [1.54, 1.807) is 0 Å². The van der Waals surface area contributed by atoms with Gasteiger partial charge >= 0.3 is 0 Å². The third kappa shape index (κ3) is 1.56. The number of hydrogen-bond donors (Lipinski definition) is 2. The molecule has 0 amide bonds. The first-order valence-corrected chi connectivity index (χ1v) is 4.71. The van der Waals surface area contributed by atoms with E-state index in [1.807, 2.05) is 0 Å². The molecule has 0 aliphatic carbocycles. The fourth-order valence-electron chi connectivity index (χ4n) is 1.66. The average Bonchev–Trinajstić information content (AvgIpc) is 2.23. The van der Waals surface area contributed by atoms with Gasteiger partial charge in [-0.25, -0.2) is 4.98 Å². The van der Waals surface area contributed by atoms with E-state index in [0.717, 1.165) is 24.2 Å². The SMILES string of the molecule is O=c1c2c(ncn1CCO)CNCC2. The number of nitrogens with zero attached hydrogens (tertiary/aromatic N) is 2. The van der Waals surface area contributed by atoms with Crippen LogP contribution in [0.25, 0.3) is 0 Å². The van der Waals surface area contributed by atoms with Crippen molar-refractivity contribution in [2.24, 2.45) is 0 Å². The highest BCUT2D eigenvalue weighted by molar-refractivity contribution is 5.19. The average molecular weight is 195 g/mol. The van der Waals surface area contributed by atoms with Gasteiger partial charge < -0.3 is 10.4 Å². The van der Waals surface area contributed by atoms with Crippen LogP contribution in [0.3, 0.4) is 0 Å². The largest absolute Gasteiger partial charge is 0.395 e. The number of hydrogen-bond acceptors (Lipinski definition) is 4. The summed E-state index contributed by atoms with van der Waals surface area (Å²) in [5.74, 6) is 0. The molecule has 2 N–H and O–H groups in total. The summed E-state index contributed by atoms with van der Waals surface area (Å²) in [5, 5.41) is 11.9. The second kappa shape index (κ2) is 3.89. The van der Waals surface area contributed by atoms with Crippen LogP contribution in [-0.2, 0) is 19.5 Å². The van der Waals surface area contributed by atoms with E-state index in [1.165, 1.54) is 10.9 Å². The lowest BCUT2D eigenvalue weighted by molar-refractivity contribution is 0.273. The molecule has 14 heavy (non-hydrogen) atoms. The molecular weight excluding hydrogens is 182 g/mol. The van der Waals surface area contributed by atoms with Crippen LogP contribution in [0.15, 0.2) is 11.1 Å². The summed E-state index contributed by atoms with van der Waals surface area (Å²) in [6.07, 6.45) is 2.23. The van der Waals surface area contributed by atoms with Crippen molar-refractivity contribution in [3.63, 3.8) is 0 Å². The Balaban J connectivity index is 2.44. The Morgan fingerprint density at radius 2 is 2.50 bits per heavy atom. The highest BCUT2D eigenvalue weighted by Crippen LogP contribution is 2.04. The fourth-order valence-corrected chi connectivity index (χ4v) is 1.66. The van der Waals surface area contributed by atoms with Crippen molar-refractivity contribution >= 4 is 0 Å². The summed E-state index contributed by atoms with van der Waals surface area (Å²) in [5.41, 5.74) is 1.63. The Morgan fingerprint density at radius 3 is 3.29 bits per heavy atom. The molecular formula is C9H13N3O2. The molecule has 0 saturated heterocycles. The first-order valence-electron chi connectivity index (χ1n) is 4.71. The van der Waals surface area contributed by atoms with E-state index in [4.69, 9.17) is 5.11 Å². The zero-order valence-electron chi connectivity index (χ0n) is 7.86. The molecule has 1 aromatic heterocycles. The number of aromatic nitrogens is 2. The summed E-state index contributed by atoms with van der Waals surface area (Å²) in [6, 6.07) is 0. The molecule has 1 aromatic rings. The molecule has 1 aliphatic rings. The van der Waals surface area contributed by atoms with E-state index in [0.29, 0.717) is 13.1 Å². The molecule has 2 heterocycles. The Labute approximate surface area is 81.4 Å². The van der Waals surface area contributed by atoms with Gasteiger partial charge in [0, 0.05) is 12.1 Å². The Bertz CT molecular complexity index is 386. The first-order chi connectivity index (χ1) is 6.83. The van der Waals surface area contributed by atoms with Gasteiger partial charge in [-0.15, -0.1) is 0 Å². The van der Waals surface area contributed by atoms with Crippen molar-refractivity contribution in [1.29, 1.82) is 0 Å². The van der Waals surface area contributed by atoms with Crippen LogP contribution in [0.4, 0.5) is 0 Å². The van der Waals surface area contributed by atoms with Gasteiger partial charge in [0.2, 0.25) is 0 Å². The van der Waals surface area contributed by atoms with Gasteiger partial charge in [0.05, 0.1) is 25.2 Å². The molecule has 0 unspecified atom stereocenters. The molecule has 5 heteroatoms. The van der Waals surface area contributed by atoms with Crippen LogP contribution >= 0.6 is 0 Å². The minimum Gasteiger partial charge on any atom is -0.395 e. The van der Waals surface area contributed by atoms with Gasteiger partial charge in [0.1, 0.15) is 0 Å². The van der Waals surface area contributed by atoms with Crippen LogP contribution < -0.4 is 10.9 Å². The maximum absolute atomic E-state index is 11.8. The Hall–Kier alpha value is -1.20. The Kier molecular flexibility index (Phi) is 2.60. The van der Waals surface area contributed by atoms with Gasteiger partial charge in [-0.05, 0) is 13.0 Å². The third-order valence-electron chi connectivity index (χ3n) is 2.41. The van der Waals surface area contributed by atoms with Crippen molar-refractivity contribution in [3.05, 3.63) is 27.9 Å². The molecule has 0 radical (unpaired) electrons. The van der Waals surface area contributed by atoms with E-state index in [9.17, 15) is 4.79 Å². The zero-order valence-corrected chi connectivity index (χ0v) is 7.86. The molecule has 0 aromatic carbocycles. The van der Waals surface area contributed by atoms with Crippen molar-refractivity contribution in [3.8, 4) is 0 Å². The lowest BCUT2D eigenvalue weighted by Gasteiger charge is -2.16. The van der Waals surface area contributed by atoms with Crippen LogP contribution in [0.1, 0.15) is 11.3 Å². The molecule has 0 saturated carbocycles. The van der Waals surface area contributed by atoms with Crippen molar-refractivity contribution in [1.82, 2.24) is 14.9 Å². The van der Waals surface area contributed by atoms with Crippen LogP contribution in [0.2, 0.25) is 0 Å². The normalized spacial score (nSPS) is 15.2. The van der Waals surface area contributed by atoms with E-state index in [2.05, 4.69) is 10.3 Å². The lowest BCUT2D eigenvalue weighted by Crippen LogP contribution is -2.34. The molecule has 5 nitrogen and oxygen atoms in total. The number of aliphatic hydroxyl groups excluding tert-OH is 1. The summed E-state index contributed by atoms with van der Waals surface area (Å²) in [6.45, 7) is 1.79. The molecule has 2 rings (SSSR count). The molecule has 0 spiro atoms. The van der Waals surface area contributed by atoms with E-state index >= 15 is 0 Å². The number of rotatable bonds is 2. The molecule has 0 fully saturated rings. The molecule has 76 valence electrons. The topological polar surface area (TPSA) is 67.2 Å². The highest BCUT2D eigenvalue weighted by atomic mass is 16.3. The van der Waals surface area contributed by atoms with Crippen LogP contribution in [0, 0.1) is 0 Å². The van der Waals surface area contributed by atoms with Crippen molar-refractivity contribution in [2.45, 2.75) is 19.5 Å². The summed E-state index contributed by atoms with van der Waals surface area (Å²) in [7, 11) is 0. The van der Waals surface area contributed by atoms with Crippen LogP contribution in [0.5, 0.6) is 0 Å². The second-order valence-electron chi connectivity index (χ2n) is 3.32. The number of aliphatic hydroxyl groups is 1. The summed E-state index contributed by atoms with van der Waals surface area (Å²) in [4.78, 5) is 16.0. The number of nitrogens with one attached hydrogen (secondary N) is 1. The smallest absolute Gasteiger partial charge is 0.256 e. The number of fused-ring (bicyclic) bond motifs is 1. The van der Waals surface area contributed by atoms with Gasteiger partial charge in [0.15, 0.2) is 0 Å². The van der Waals surface area contributed by atoms with E-state index < -0.39 is 0 Å². The fraction of sp³-hybridized carbons (Fsp3) is 0.556. The monoisotopic (exact) mass is 195 g/mol. The maximum atomic E-state index is 11.8. The third-order valence-corrected chi connectivity index (χ3v) is 2.41. The first kappa shape index (κ1) is 9.36. The molecule has 0 bridgehead atoms. The Morgan fingerprint density at radius 1 is 1.64 bits per heavy atom. The van der Waals surface area contributed by atoms with E-state index in [-0.39, 0.29) is 12.2 Å². The minimum atomic E-state index is -0.0291. The van der Waals surface area contributed by atoms with Gasteiger partial charge in [-0.2, -0.15) is 0 Å². The second-order valence-corrected chi connectivity index (χ2v) is 3.32. The van der Waals surface area contributed by atoms with Crippen molar-refractivity contribution in [2.75, 3.05) is 13.2 Å². The maximum Gasteiger partial charge on any atom is 0.256 e. The summed E-state index contributed by atoms with van der Waals surface area (Å²) < 4.78 is 1.46. The standard InChI is InChI=1S/C9H13N3O2/c13-4-3-12-6-11-8-5-10-2-1-7(8)9(12)14/h6,10,13H,1-5H2. The van der Waals surface area contributed by atoms with Crippen molar-refractivity contribution < 1.29 is 5.11 Å². The minimum absolute atomic E-state index is 0.00875. The zero-order chi connectivity index (χ0) is 9.97. The lowest BCUT2D eigenvalue weighted by atomic mass is 10.1. The molecule has 0 atom stereocenters. The quantitative estimate of drug-likeness (QED) is 0.627. The molecule has 1 aliphatic heterocycles. The van der Waals surface area contributed by atoms with Gasteiger partial charge in [-0.3, -0.25) is 9.36 Å². The summed E-state index contributed by atoms with van der Waals surface area (Å²) >= 11 is 0. The van der Waals surface area contributed by atoms with Gasteiger partial charge in [-0.1, -0.05) is 0 Å². The predicted octanol–water partition coefficient (Wildman–Crippen LogP) is -1.12.